The minimum atomic E-state index is -0.852. The highest BCUT2D eigenvalue weighted by atomic mass is 16.2. The molecule has 1 atom stereocenters. The highest BCUT2D eigenvalue weighted by Gasteiger charge is 2.11. The average molecular weight is 221 g/mol. The van der Waals surface area contributed by atoms with Crippen LogP contribution in [0.25, 0.3) is 0 Å². The van der Waals surface area contributed by atoms with Crippen LogP contribution in [0.3, 0.4) is 0 Å². The first-order valence-corrected chi connectivity index (χ1v) is 4.90. The minimum Gasteiger partial charge on any atom is -0.368 e. The first-order valence-electron chi connectivity index (χ1n) is 4.90. The van der Waals surface area contributed by atoms with E-state index in [1.54, 1.807) is 12.1 Å². The molecule has 0 saturated heterocycles. The van der Waals surface area contributed by atoms with Gasteiger partial charge in [-0.2, -0.15) is 0 Å². The summed E-state index contributed by atoms with van der Waals surface area (Å²) in [7, 11) is 0. The van der Waals surface area contributed by atoms with Gasteiger partial charge in [0.1, 0.15) is 6.04 Å². The fourth-order valence-corrected chi connectivity index (χ4v) is 1.11. The fraction of sp³-hybridized carbons (Fsp3) is 0.273. The predicted octanol–water partition coefficient (Wildman–Crippen LogP) is -0.463. The number of nitrogens with two attached hydrogens (primary N) is 2. The van der Waals surface area contributed by atoms with Gasteiger partial charge in [0.15, 0.2) is 0 Å². The molecule has 0 bridgehead atoms. The first-order chi connectivity index (χ1) is 7.50. The zero-order valence-electron chi connectivity index (χ0n) is 9.07. The van der Waals surface area contributed by atoms with Crippen molar-refractivity contribution in [2.45, 2.75) is 13.0 Å². The molecule has 0 fully saturated rings. The van der Waals surface area contributed by atoms with E-state index in [9.17, 15) is 9.59 Å². The fourth-order valence-electron chi connectivity index (χ4n) is 1.11. The number of nitrogens with one attached hydrogen (secondary N) is 1. The van der Waals surface area contributed by atoms with Gasteiger partial charge < -0.3 is 16.8 Å². The topological polar surface area (TPSA) is 98.2 Å². The SMILES string of the molecule is Cc1ccc(C(=O)NC[C@H](N)C(N)=O)cc1. The van der Waals surface area contributed by atoms with E-state index in [1.165, 1.54) is 0 Å². The number of rotatable bonds is 4. The van der Waals surface area contributed by atoms with Crippen LogP contribution in [0, 0.1) is 6.92 Å². The number of aryl methyl sites for hydroxylation is 1. The second-order valence-corrected chi connectivity index (χ2v) is 3.58. The lowest BCUT2D eigenvalue weighted by molar-refractivity contribution is -0.119. The van der Waals surface area contributed by atoms with Crippen molar-refractivity contribution in [3.05, 3.63) is 35.4 Å². The molecule has 0 aliphatic heterocycles. The van der Waals surface area contributed by atoms with Gasteiger partial charge in [-0.1, -0.05) is 17.7 Å². The Balaban J connectivity index is 2.53. The number of primary amides is 1. The molecule has 5 nitrogen and oxygen atoms in total. The molecule has 5 heteroatoms. The molecule has 2 amide bonds. The molecule has 0 spiro atoms. The lowest BCUT2D eigenvalue weighted by Crippen LogP contribution is -2.45. The highest BCUT2D eigenvalue weighted by Crippen LogP contribution is 2.02. The Morgan fingerprint density at radius 3 is 2.38 bits per heavy atom. The third-order valence-electron chi connectivity index (χ3n) is 2.16. The smallest absolute Gasteiger partial charge is 0.251 e. The van der Waals surface area contributed by atoms with Crippen LogP contribution in [-0.4, -0.2) is 24.4 Å². The van der Waals surface area contributed by atoms with Crippen LogP contribution in [0.15, 0.2) is 24.3 Å². The zero-order chi connectivity index (χ0) is 12.1. The van der Waals surface area contributed by atoms with Gasteiger partial charge in [-0.15, -0.1) is 0 Å². The van der Waals surface area contributed by atoms with Crippen LogP contribution in [0.5, 0.6) is 0 Å². The predicted molar refractivity (Wildman–Crippen MR) is 60.7 cm³/mol. The van der Waals surface area contributed by atoms with Crippen molar-refractivity contribution in [1.82, 2.24) is 5.32 Å². The van der Waals surface area contributed by atoms with Crippen molar-refractivity contribution >= 4 is 11.8 Å². The molecular formula is C11H15N3O2. The molecular weight excluding hydrogens is 206 g/mol. The number of hydrogen-bond acceptors (Lipinski definition) is 3. The maximum atomic E-state index is 11.6. The van der Waals surface area contributed by atoms with Gasteiger partial charge in [-0.25, -0.2) is 0 Å². The number of carbonyl (C=O) groups excluding carboxylic acids is 2. The van der Waals surface area contributed by atoms with E-state index < -0.39 is 11.9 Å². The summed E-state index contributed by atoms with van der Waals surface area (Å²) in [6.07, 6.45) is 0. The largest absolute Gasteiger partial charge is 0.368 e. The Morgan fingerprint density at radius 1 is 1.31 bits per heavy atom. The Bertz CT molecular complexity index is 387. The quantitative estimate of drug-likeness (QED) is 0.641. The van der Waals surface area contributed by atoms with Gasteiger partial charge in [0.05, 0.1) is 0 Å². The summed E-state index contributed by atoms with van der Waals surface area (Å²) in [4.78, 5) is 22.2. The van der Waals surface area contributed by atoms with Crippen molar-refractivity contribution in [2.24, 2.45) is 11.5 Å². The molecule has 0 unspecified atom stereocenters. The lowest BCUT2D eigenvalue weighted by Gasteiger charge is -2.09. The van der Waals surface area contributed by atoms with Gasteiger partial charge in [0, 0.05) is 12.1 Å². The van der Waals surface area contributed by atoms with Gasteiger partial charge >= 0.3 is 0 Å². The standard InChI is InChI=1S/C11H15N3O2/c1-7-2-4-8(5-3-7)11(16)14-6-9(12)10(13)15/h2-5,9H,6,12H2,1H3,(H2,13,15)(H,14,16)/t9-/m0/s1. The van der Waals surface area contributed by atoms with E-state index in [2.05, 4.69) is 5.32 Å². The summed E-state index contributed by atoms with van der Waals surface area (Å²) >= 11 is 0. The lowest BCUT2D eigenvalue weighted by atomic mass is 10.1. The second kappa shape index (κ2) is 5.27. The van der Waals surface area contributed by atoms with Gasteiger partial charge in [0.25, 0.3) is 5.91 Å². The van der Waals surface area contributed by atoms with E-state index in [0.717, 1.165) is 5.56 Å². The summed E-state index contributed by atoms with van der Waals surface area (Å²) in [6.45, 7) is 1.98. The summed E-state index contributed by atoms with van der Waals surface area (Å²) in [6, 6.07) is 6.24. The van der Waals surface area contributed by atoms with Crippen LogP contribution in [0.1, 0.15) is 15.9 Å². The van der Waals surface area contributed by atoms with Crippen LogP contribution < -0.4 is 16.8 Å². The molecule has 5 N–H and O–H groups in total. The Labute approximate surface area is 93.8 Å². The monoisotopic (exact) mass is 221 g/mol. The van der Waals surface area contributed by atoms with Gasteiger partial charge in [-0.3, -0.25) is 9.59 Å². The third kappa shape index (κ3) is 3.36. The van der Waals surface area contributed by atoms with Crippen molar-refractivity contribution < 1.29 is 9.59 Å². The van der Waals surface area contributed by atoms with E-state index >= 15 is 0 Å². The maximum absolute atomic E-state index is 11.6. The molecule has 0 aromatic heterocycles. The molecule has 0 saturated carbocycles. The summed E-state index contributed by atoms with van der Waals surface area (Å²) < 4.78 is 0. The van der Waals surface area contributed by atoms with Crippen molar-refractivity contribution in [3.8, 4) is 0 Å². The van der Waals surface area contributed by atoms with Gasteiger partial charge in [-0.05, 0) is 19.1 Å². The van der Waals surface area contributed by atoms with E-state index in [1.807, 2.05) is 19.1 Å². The summed E-state index contributed by atoms with van der Waals surface area (Å²) in [5.74, 6) is -0.902. The average Bonchev–Trinajstić information content (AvgIpc) is 2.26. The van der Waals surface area contributed by atoms with Crippen molar-refractivity contribution in [1.29, 1.82) is 0 Å². The second-order valence-electron chi connectivity index (χ2n) is 3.58. The van der Waals surface area contributed by atoms with Crippen molar-refractivity contribution in [2.75, 3.05) is 6.54 Å². The van der Waals surface area contributed by atoms with E-state index in [0.29, 0.717) is 5.56 Å². The number of hydrogen-bond donors (Lipinski definition) is 3. The van der Waals surface area contributed by atoms with Crippen molar-refractivity contribution in [3.63, 3.8) is 0 Å². The first kappa shape index (κ1) is 12.2. The molecule has 1 rings (SSSR count). The molecule has 0 aliphatic carbocycles. The molecule has 0 heterocycles. The Kier molecular flexibility index (Phi) is 4.02. The molecule has 1 aromatic rings. The minimum absolute atomic E-state index is 0.0437. The Hall–Kier alpha value is -1.88. The molecule has 86 valence electrons. The van der Waals surface area contributed by atoms with Gasteiger partial charge in [0.2, 0.25) is 5.91 Å². The zero-order valence-corrected chi connectivity index (χ0v) is 9.07. The summed E-state index contributed by atoms with van der Waals surface area (Å²) in [5, 5.41) is 2.53. The van der Waals surface area contributed by atoms with Crippen LogP contribution >= 0.6 is 0 Å². The van der Waals surface area contributed by atoms with E-state index in [4.69, 9.17) is 11.5 Å². The molecule has 0 aliphatic rings. The maximum Gasteiger partial charge on any atom is 0.251 e. The highest BCUT2D eigenvalue weighted by molar-refractivity contribution is 5.94. The number of carbonyl (C=O) groups is 2. The van der Waals surface area contributed by atoms with Crippen LogP contribution in [-0.2, 0) is 4.79 Å². The number of amides is 2. The normalized spacial score (nSPS) is 11.9. The Morgan fingerprint density at radius 2 is 1.88 bits per heavy atom. The molecule has 16 heavy (non-hydrogen) atoms. The summed E-state index contributed by atoms with van der Waals surface area (Å²) in [5.41, 5.74) is 11.9. The van der Waals surface area contributed by atoms with E-state index in [-0.39, 0.29) is 12.5 Å². The number of benzene rings is 1. The third-order valence-corrected chi connectivity index (χ3v) is 2.16. The molecule has 0 radical (unpaired) electrons. The molecule has 1 aromatic carbocycles. The van der Waals surface area contributed by atoms with Crippen LogP contribution in [0.4, 0.5) is 0 Å². The van der Waals surface area contributed by atoms with Crippen LogP contribution in [0.2, 0.25) is 0 Å².